The van der Waals surface area contributed by atoms with Crippen LogP contribution in [-0.2, 0) is 0 Å². The van der Waals surface area contributed by atoms with E-state index >= 15 is 0 Å². The molecule has 0 radical (unpaired) electrons. The van der Waals surface area contributed by atoms with Crippen LogP contribution >= 0.6 is 0 Å². The highest BCUT2D eigenvalue weighted by Crippen LogP contribution is 2.40. The van der Waals surface area contributed by atoms with E-state index in [0.717, 1.165) is 25.7 Å². The normalized spacial score (nSPS) is 21.9. The molecule has 0 amide bonds. The molecule has 118 valence electrons. The highest BCUT2D eigenvalue weighted by molar-refractivity contribution is 5.44. The predicted molar refractivity (Wildman–Crippen MR) is 83.4 cm³/mol. The second-order valence-corrected chi connectivity index (χ2v) is 7.20. The van der Waals surface area contributed by atoms with E-state index in [1.165, 1.54) is 0 Å². The van der Waals surface area contributed by atoms with Crippen LogP contribution in [-0.4, -0.2) is 27.5 Å². The molecule has 0 saturated heterocycles. The fourth-order valence-corrected chi connectivity index (χ4v) is 3.00. The van der Waals surface area contributed by atoms with Crippen molar-refractivity contribution in [2.24, 2.45) is 5.41 Å². The Labute approximate surface area is 126 Å². The van der Waals surface area contributed by atoms with E-state index in [-0.39, 0.29) is 17.5 Å². The minimum atomic E-state index is -0.691. The summed E-state index contributed by atoms with van der Waals surface area (Å²) in [6.07, 6.45) is 3.60. The van der Waals surface area contributed by atoms with Crippen LogP contribution < -0.4 is 5.32 Å². The van der Waals surface area contributed by atoms with Crippen LogP contribution in [0.1, 0.15) is 58.1 Å². The summed E-state index contributed by atoms with van der Waals surface area (Å²) in [5.74, 6) is 0.151. The average molecular weight is 293 g/mol. The van der Waals surface area contributed by atoms with Gasteiger partial charge in [0.1, 0.15) is 11.5 Å². The Kier molecular flexibility index (Phi) is 4.49. The molecule has 21 heavy (non-hydrogen) atoms. The molecule has 1 saturated carbocycles. The number of hydrogen-bond acceptors (Lipinski definition) is 4. The molecule has 1 unspecified atom stereocenters. The van der Waals surface area contributed by atoms with Gasteiger partial charge in [0, 0.05) is 12.6 Å². The Morgan fingerprint density at radius 3 is 2.14 bits per heavy atom. The number of benzene rings is 1. The first-order valence-electron chi connectivity index (χ1n) is 7.69. The van der Waals surface area contributed by atoms with Crippen LogP contribution in [0.3, 0.4) is 0 Å². The molecule has 1 fully saturated rings. The zero-order chi connectivity index (χ0) is 15.7. The van der Waals surface area contributed by atoms with Crippen molar-refractivity contribution >= 4 is 0 Å². The van der Waals surface area contributed by atoms with E-state index in [9.17, 15) is 15.3 Å². The predicted octanol–water partition coefficient (Wildman–Crippen LogP) is 3.08. The minimum Gasteiger partial charge on any atom is -0.507 e. The second-order valence-electron chi connectivity index (χ2n) is 7.20. The van der Waals surface area contributed by atoms with Gasteiger partial charge in [0.05, 0.1) is 11.2 Å². The van der Waals surface area contributed by atoms with Gasteiger partial charge in [-0.1, -0.05) is 19.9 Å². The zero-order valence-corrected chi connectivity index (χ0v) is 13.2. The number of phenolic OH excluding ortho intramolecular Hbond substituents is 2. The summed E-state index contributed by atoms with van der Waals surface area (Å²) in [6, 6.07) is 4.51. The van der Waals surface area contributed by atoms with Gasteiger partial charge in [0.25, 0.3) is 0 Å². The zero-order valence-electron chi connectivity index (χ0n) is 13.2. The summed E-state index contributed by atoms with van der Waals surface area (Å²) < 4.78 is 0. The SMILES string of the molecule is CC(NCC1(O)CCC(C)(C)CC1)c1c(O)cccc1O. The lowest BCUT2D eigenvalue weighted by Crippen LogP contribution is -2.45. The molecular formula is C17H27NO3. The molecule has 0 aliphatic heterocycles. The third kappa shape index (κ3) is 3.89. The van der Waals surface area contributed by atoms with Crippen LogP contribution in [0.5, 0.6) is 11.5 Å². The molecule has 1 atom stereocenters. The standard InChI is InChI=1S/C17H27NO3/c1-12(15-13(19)5-4-6-14(15)20)18-11-17(21)9-7-16(2,3)8-10-17/h4-6,12,18-21H,7-11H2,1-3H3. The largest absolute Gasteiger partial charge is 0.507 e. The molecule has 0 spiro atoms. The molecule has 2 rings (SSSR count). The number of aliphatic hydroxyl groups is 1. The smallest absolute Gasteiger partial charge is 0.124 e. The van der Waals surface area contributed by atoms with Crippen LogP contribution in [0.2, 0.25) is 0 Å². The van der Waals surface area contributed by atoms with Crippen molar-refractivity contribution in [3.8, 4) is 11.5 Å². The van der Waals surface area contributed by atoms with E-state index in [2.05, 4.69) is 19.2 Å². The third-order valence-electron chi connectivity index (χ3n) is 4.76. The van der Waals surface area contributed by atoms with E-state index in [1.807, 2.05) is 6.92 Å². The van der Waals surface area contributed by atoms with Crippen LogP contribution in [0.4, 0.5) is 0 Å². The Balaban J connectivity index is 1.97. The van der Waals surface area contributed by atoms with Gasteiger partial charge in [-0.25, -0.2) is 0 Å². The van der Waals surface area contributed by atoms with Gasteiger partial charge in [0.15, 0.2) is 0 Å². The molecule has 4 N–H and O–H groups in total. The fourth-order valence-electron chi connectivity index (χ4n) is 3.00. The van der Waals surface area contributed by atoms with E-state index in [0.29, 0.717) is 17.5 Å². The molecule has 0 aromatic heterocycles. The van der Waals surface area contributed by atoms with Gasteiger partial charge in [-0.15, -0.1) is 0 Å². The van der Waals surface area contributed by atoms with Crippen LogP contribution in [0.25, 0.3) is 0 Å². The first kappa shape index (κ1) is 16.1. The Morgan fingerprint density at radius 1 is 1.10 bits per heavy atom. The molecule has 1 aliphatic carbocycles. The van der Waals surface area contributed by atoms with Gasteiger partial charge in [-0.3, -0.25) is 0 Å². The summed E-state index contributed by atoms with van der Waals surface area (Å²) >= 11 is 0. The molecule has 0 heterocycles. The summed E-state index contributed by atoms with van der Waals surface area (Å²) in [4.78, 5) is 0. The van der Waals surface area contributed by atoms with Crippen LogP contribution in [0.15, 0.2) is 18.2 Å². The summed E-state index contributed by atoms with van der Waals surface area (Å²) in [6.45, 7) is 6.83. The molecule has 1 aromatic rings. The highest BCUT2D eigenvalue weighted by atomic mass is 16.3. The molecule has 0 bridgehead atoms. The maximum Gasteiger partial charge on any atom is 0.124 e. The molecule has 4 nitrogen and oxygen atoms in total. The summed E-state index contributed by atoms with van der Waals surface area (Å²) in [5.41, 5.74) is 0.106. The second kappa shape index (κ2) is 5.85. The lowest BCUT2D eigenvalue weighted by atomic mass is 9.71. The van der Waals surface area contributed by atoms with Gasteiger partial charge in [-0.2, -0.15) is 0 Å². The first-order valence-corrected chi connectivity index (χ1v) is 7.69. The number of aromatic hydroxyl groups is 2. The van der Waals surface area contributed by atoms with Crippen molar-refractivity contribution in [3.63, 3.8) is 0 Å². The Hall–Kier alpha value is -1.26. The van der Waals surface area contributed by atoms with Gasteiger partial charge >= 0.3 is 0 Å². The fraction of sp³-hybridized carbons (Fsp3) is 0.647. The number of hydrogen-bond donors (Lipinski definition) is 4. The monoisotopic (exact) mass is 293 g/mol. The minimum absolute atomic E-state index is 0.0757. The molecule has 1 aromatic carbocycles. The topological polar surface area (TPSA) is 72.7 Å². The van der Waals surface area contributed by atoms with Gasteiger partial charge in [0.2, 0.25) is 0 Å². The number of nitrogens with one attached hydrogen (secondary N) is 1. The maximum atomic E-state index is 10.7. The van der Waals surface area contributed by atoms with Gasteiger partial charge < -0.3 is 20.6 Å². The van der Waals surface area contributed by atoms with Crippen molar-refractivity contribution in [1.82, 2.24) is 5.32 Å². The third-order valence-corrected chi connectivity index (χ3v) is 4.76. The van der Waals surface area contributed by atoms with Crippen molar-refractivity contribution in [2.75, 3.05) is 6.54 Å². The average Bonchev–Trinajstić information content (AvgIpc) is 2.41. The number of phenols is 2. The van der Waals surface area contributed by atoms with Crippen molar-refractivity contribution in [2.45, 2.75) is 58.1 Å². The van der Waals surface area contributed by atoms with Crippen LogP contribution in [0, 0.1) is 5.41 Å². The Morgan fingerprint density at radius 2 is 1.62 bits per heavy atom. The summed E-state index contributed by atoms with van der Waals surface area (Å²) in [7, 11) is 0. The lowest BCUT2D eigenvalue weighted by molar-refractivity contribution is -0.0258. The highest BCUT2D eigenvalue weighted by Gasteiger charge is 2.36. The van der Waals surface area contributed by atoms with E-state index in [1.54, 1.807) is 18.2 Å². The first-order chi connectivity index (χ1) is 9.72. The van der Waals surface area contributed by atoms with Crippen molar-refractivity contribution < 1.29 is 15.3 Å². The van der Waals surface area contributed by atoms with Crippen molar-refractivity contribution in [1.29, 1.82) is 0 Å². The Bertz CT molecular complexity index is 469. The lowest BCUT2D eigenvalue weighted by Gasteiger charge is -2.40. The van der Waals surface area contributed by atoms with Crippen molar-refractivity contribution in [3.05, 3.63) is 23.8 Å². The maximum absolute atomic E-state index is 10.7. The quantitative estimate of drug-likeness (QED) is 0.688. The molecule has 1 aliphatic rings. The summed E-state index contributed by atoms with van der Waals surface area (Å²) in [5, 5.41) is 33.6. The van der Waals surface area contributed by atoms with Gasteiger partial charge in [-0.05, 0) is 50.2 Å². The van der Waals surface area contributed by atoms with E-state index in [4.69, 9.17) is 0 Å². The molecular weight excluding hydrogens is 266 g/mol. The van der Waals surface area contributed by atoms with E-state index < -0.39 is 5.60 Å². The molecule has 4 heteroatoms. The number of rotatable bonds is 4.